The Morgan fingerprint density at radius 3 is 2.68 bits per heavy atom. The first-order valence-corrected chi connectivity index (χ1v) is 7.74. The van der Waals surface area contributed by atoms with Gasteiger partial charge >= 0.3 is 0 Å². The third kappa shape index (κ3) is 3.11. The maximum absolute atomic E-state index is 12.5. The van der Waals surface area contributed by atoms with Gasteiger partial charge in [0.1, 0.15) is 0 Å². The Morgan fingerprint density at radius 1 is 1.42 bits per heavy atom. The third-order valence-corrected chi connectivity index (χ3v) is 4.33. The van der Waals surface area contributed by atoms with Crippen molar-refractivity contribution in [1.82, 2.24) is 10.2 Å². The molecule has 1 N–H and O–H groups in total. The van der Waals surface area contributed by atoms with Gasteiger partial charge in [0.25, 0.3) is 0 Å². The van der Waals surface area contributed by atoms with E-state index in [-0.39, 0.29) is 30.3 Å². The summed E-state index contributed by atoms with van der Waals surface area (Å²) in [6.45, 7) is 9.47. The van der Waals surface area contributed by atoms with Gasteiger partial charge in [-0.3, -0.25) is 10.1 Å². The number of nitrogens with zero attached hydrogens (tertiary/aromatic N) is 1. The topological polar surface area (TPSA) is 41.6 Å². The van der Waals surface area contributed by atoms with Crippen molar-refractivity contribution >= 4 is 5.91 Å². The molecule has 1 amide bonds. The lowest BCUT2D eigenvalue weighted by atomic mass is 10.0. The number of carbonyl (C=O) groups is 1. The number of ether oxygens (including phenoxy) is 1. The van der Waals surface area contributed by atoms with Crippen molar-refractivity contribution in [3.63, 3.8) is 0 Å². The number of amides is 1. The molecule has 2 fully saturated rings. The minimum absolute atomic E-state index is 0.00685. The molecule has 0 spiro atoms. The van der Waals surface area contributed by atoms with Crippen LogP contribution in [-0.4, -0.2) is 41.8 Å². The van der Waals surface area contributed by atoms with Crippen LogP contribution in [0.2, 0.25) is 0 Å². The summed E-state index contributed by atoms with van der Waals surface area (Å²) in [4.78, 5) is 14.6. The van der Waals surface area contributed by atoms with E-state index in [1.807, 2.05) is 0 Å². The summed E-state index contributed by atoms with van der Waals surface area (Å²) in [7, 11) is 0. The number of rotatable bonds is 5. The second-order valence-electron chi connectivity index (χ2n) is 6.31. The van der Waals surface area contributed by atoms with E-state index in [1.165, 1.54) is 0 Å². The fraction of sp³-hybridized carbons (Fsp3) is 0.933. The zero-order chi connectivity index (χ0) is 14.0. The molecule has 0 bridgehead atoms. The second kappa shape index (κ2) is 6.23. The van der Waals surface area contributed by atoms with Gasteiger partial charge in [0.2, 0.25) is 5.91 Å². The molecule has 110 valence electrons. The first kappa shape index (κ1) is 14.8. The molecule has 0 aromatic rings. The molecule has 2 aliphatic heterocycles. The first-order chi connectivity index (χ1) is 9.04. The normalized spacial score (nSPS) is 33.4. The van der Waals surface area contributed by atoms with Crippen LogP contribution in [0.1, 0.15) is 53.4 Å². The van der Waals surface area contributed by atoms with E-state index in [1.54, 1.807) is 0 Å². The molecule has 0 radical (unpaired) electrons. The fourth-order valence-electron chi connectivity index (χ4n) is 3.28. The molecule has 19 heavy (non-hydrogen) atoms. The van der Waals surface area contributed by atoms with E-state index in [4.69, 9.17) is 4.74 Å². The molecule has 0 saturated carbocycles. The van der Waals surface area contributed by atoms with Gasteiger partial charge in [-0.25, -0.2) is 0 Å². The van der Waals surface area contributed by atoms with Crippen LogP contribution in [0.3, 0.4) is 0 Å². The van der Waals surface area contributed by atoms with Crippen molar-refractivity contribution in [2.75, 3.05) is 6.61 Å². The van der Waals surface area contributed by atoms with Gasteiger partial charge in [0, 0.05) is 6.61 Å². The maximum Gasteiger partial charge on any atom is 0.241 e. The standard InChI is InChI=1S/C15H28N2O2/c1-5-12-15(18)17(14(16-12)9-10(2)3)11(4)13-7-6-8-19-13/h10-14,16H,5-9H2,1-4H3. The van der Waals surface area contributed by atoms with E-state index in [2.05, 4.69) is 37.9 Å². The summed E-state index contributed by atoms with van der Waals surface area (Å²) in [6.07, 6.45) is 4.47. The van der Waals surface area contributed by atoms with Gasteiger partial charge in [0.05, 0.1) is 24.4 Å². The lowest BCUT2D eigenvalue weighted by Gasteiger charge is -2.34. The van der Waals surface area contributed by atoms with E-state index in [0.29, 0.717) is 5.92 Å². The second-order valence-corrected chi connectivity index (χ2v) is 6.31. The predicted octanol–water partition coefficient (Wildman–Crippen LogP) is 2.14. The lowest BCUT2D eigenvalue weighted by molar-refractivity contribution is -0.134. The Labute approximate surface area is 116 Å². The first-order valence-electron chi connectivity index (χ1n) is 7.74. The fourth-order valence-corrected chi connectivity index (χ4v) is 3.28. The highest BCUT2D eigenvalue weighted by atomic mass is 16.5. The Balaban J connectivity index is 2.10. The van der Waals surface area contributed by atoms with Crippen LogP contribution in [0.15, 0.2) is 0 Å². The molecular weight excluding hydrogens is 240 g/mol. The molecule has 4 nitrogen and oxygen atoms in total. The molecule has 2 saturated heterocycles. The Hall–Kier alpha value is -0.610. The number of hydrogen-bond donors (Lipinski definition) is 1. The largest absolute Gasteiger partial charge is 0.376 e. The summed E-state index contributed by atoms with van der Waals surface area (Å²) in [5, 5.41) is 3.50. The minimum atomic E-state index is -0.00685. The van der Waals surface area contributed by atoms with Crippen molar-refractivity contribution in [1.29, 1.82) is 0 Å². The average molecular weight is 268 g/mol. The van der Waals surface area contributed by atoms with Crippen molar-refractivity contribution < 1.29 is 9.53 Å². The molecule has 4 atom stereocenters. The van der Waals surface area contributed by atoms with Gasteiger partial charge < -0.3 is 9.64 Å². The predicted molar refractivity (Wildman–Crippen MR) is 75.7 cm³/mol. The van der Waals surface area contributed by atoms with Crippen molar-refractivity contribution in [2.45, 2.75) is 77.7 Å². The van der Waals surface area contributed by atoms with Crippen LogP contribution < -0.4 is 5.32 Å². The van der Waals surface area contributed by atoms with Gasteiger partial charge in [-0.1, -0.05) is 20.8 Å². The van der Waals surface area contributed by atoms with E-state index in [9.17, 15) is 4.79 Å². The zero-order valence-electron chi connectivity index (χ0n) is 12.7. The van der Waals surface area contributed by atoms with E-state index >= 15 is 0 Å². The van der Waals surface area contributed by atoms with Crippen LogP contribution in [-0.2, 0) is 9.53 Å². The van der Waals surface area contributed by atoms with Crippen LogP contribution in [0.4, 0.5) is 0 Å². The summed E-state index contributed by atoms with van der Waals surface area (Å²) in [5.41, 5.74) is 0. The van der Waals surface area contributed by atoms with Gasteiger partial charge in [-0.15, -0.1) is 0 Å². The summed E-state index contributed by atoms with van der Waals surface area (Å²) in [5.74, 6) is 0.844. The number of hydrogen-bond acceptors (Lipinski definition) is 3. The number of carbonyl (C=O) groups excluding carboxylic acids is 1. The lowest BCUT2D eigenvalue weighted by Crippen LogP contribution is -2.48. The molecule has 0 aromatic heterocycles. The quantitative estimate of drug-likeness (QED) is 0.830. The molecule has 2 rings (SSSR count). The summed E-state index contributed by atoms with van der Waals surface area (Å²) >= 11 is 0. The highest BCUT2D eigenvalue weighted by molar-refractivity contribution is 5.84. The highest BCUT2D eigenvalue weighted by Crippen LogP contribution is 2.27. The van der Waals surface area contributed by atoms with Gasteiger partial charge in [-0.2, -0.15) is 0 Å². The Kier molecular flexibility index (Phi) is 4.85. The molecule has 2 aliphatic rings. The third-order valence-electron chi connectivity index (χ3n) is 4.33. The molecule has 2 heterocycles. The minimum Gasteiger partial charge on any atom is -0.376 e. The molecular formula is C15H28N2O2. The molecule has 4 unspecified atom stereocenters. The molecule has 0 aliphatic carbocycles. The monoisotopic (exact) mass is 268 g/mol. The van der Waals surface area contributed by atoms with Crippen molar-refractivity contribution in [3.8, 4) is 0 Å². The molecule has 0 aromatic carbocycles. The number of nitrogens with one attached hydrogen (secondary N) is 1. The van der Waals surface area contributed by atoms with E-state index in [0.717, 1.165) is 32.3 Å². The van der Waals surface area contributed by atoms with Crippen LogP contribution in [0.25, 0.3) is 0 Å². The van der Waals surface area contributed by atoms with Crippen molar-refractivity contribution in [3.05, 3.63) is 0 Å². The average Bonchev–Trinajstić information content (AvgIpc) is 2.96. The summed E-state index contributed by atoms with van der Waals surface area (Å²) < 4.78 is 5.78. The van der Waals surface area contributed by atoms with Crippen LogP contribution >= 0.6 is 0 Å². The Bertz CT molecular complexity index is 313. The van der Waals surface area contributed by atoms with E-state index < -0.39 is 0 Å². The maximum atomic E-state index is 12.5. The molecule has 4 heteroatoms. The van der Waals surface area contributed by atoms with Crippen LogP contribution in [0, 0.1) is 5.92 Å². The smallest absolute Gasteiger partial charge is 0.241 e. The van der Waals surface area contributed by atoms with Gasteiger partial charge in [-0.05, 0) is 38.5 Å². The summed E-state index contributed by atoms with van der Waals surface area (Å²) in [6, 6.07) is 0.176. The SMILES string of the molecule is CCC1NC(CC(C)C)N(C(C)C2CCCO2)C1=O. The Morgan fingerprint density at radius 2 is 2.16 bits per heavy atom. The highest BCUT2D eigenvalue weighted by Gasteiger charge is 2.43. The van der Waals surface area contributed by atoms with Crippen LogP contribution in [0.5, 0.6) is 0 Å². The zero-order valence-corrected chi connectivity index (χ0v) is 12.7. The van der Waals surface area contributed by atoms with Gasteiger partial charge in [0.15, 0.2) is 0 Å². The van der Waals surface area contributed by atoms with Crippen molar-refractivity contribution in [2.24, 2.45) is 5.92 Å².